The van der Waals surface area contributed by atoms with Gasteiger partial charge in [-0.05, 0) is 36.4 Å². The molecular weight excluding hydrogens is 298 g/mol. The topological polar surface area (TPSA) is 55.4 Å². The largest absolute Gasteiger partial charge is 0.508 e. The highest BCUT2D eigenvalue weighted by Crippen LogP contribution is 2.21. The molecule has 0 aliphatic rings. The summed E-state index contributed by atoms with van der Waals surface area (Å²) in [6.07, 6.45) is 0. The van der Waals surface area contributed by atoms with Crippen LogP contribution in [0.3, 0.4) is 0 Å². The summed E-state index contributed by atoms with van der Waals surface area (Å²) in [5.74, 6) is -0.602. The first-order valence-corrected chi connectivity index (χ1v) is 6.50. The van der Waals surface area contributed by atoms with Gasteiger partial charge in [0.25, 0.3) is 0 Å². The minimum atomic E-state index is -0.615. The van der Waals surface area contributed by atoms with E-state index in [-0.39, 0.29) is 11.3 Å². The number of fused-ring (bicyclic) bond motifs is 1. The first kappa shape index (κ1) is 12.9. The number of halogens is 1. The fourth-order valence-corrected chi connectivity index (χ4v) is 2.40. The van der Waals surface area contributed by atoms with Crippen molar-refractivity contribution in [3.63, 3.8) is 0 Å². The third-order valence-corrected chi connectivity index (χ3v) is 3.52. The van der Waals surface area contributed by atoms with Crippen LogP contribution in [0.25, 0.3) is 16.7 Å². The number of benzene rings is 2. The number of aromatic nitrogens is 1. The Hall–Kier alpha value is -2.11. The normalized spacial score (nSPS) is 10.8. The van der Waals surface area contributed by atoms with E-state index < -0.39 is 5.76 Å². The summed E-state index contributed by atoms with van der Waals surface area (Å²) < 4.78 is 6.79. The second-order valence-corrected chi connectivity index (χ2v) is 4.99. The van der Waals surface area contributed by atoms with Gasteiger partial charge in [-0.3, -0.25) is 0 Å². The fraction of sp³-hybridized carbons (Fsp3) is 0. The van der Waals surface area contributed by atoms with Gasteiger partial charge < -0.3 is 9.52 Å². The van der Waals surface area contributed by atoms with Crippen molar-refractivity contribution in [2.45, 2.75) is 0 Å². The maximum absolute atomic E-state index is 12.1. The molecule has 20 heavy (non-hydrogen) atoms. The SMILES string of the molecule is O=c1oc2cc(O)ccc2c(=S)n1-c1ccc(Cl)cc1. The van der Waals surface area contributed by atoms with E-state index in [1.54, 1.807) is 30.3 Å². The van der Waals surface area contributed by atoms with Crippen molar-refractivity contribution >= 4 is 34.8 Å². The van der Waals surface area contributed by atoms with Gasteiger partial charge in [0.2, 0.25) is 0 Å². The van der Waals surface area contributed by atoms with Crippen molar-refractivity contribution in [3.8, 4) is 11.4 Å². The molecule has 1 aromatic heterocycles. The van der Waals surface area contributed by atoms with Crippen LogP contribution in [-0.2, 0) is 0 Å². The predicted octanol–water partition coefficient (Wildman–Crippen LogP) is 3.67. The molecule has 0 radical (unpaired) electrons. The summed E-state index contributed by atoms with van der Waals surface area (Å²) >= 11 is 11.2. The molecule has 0 amide bonds. The molecule has 1 heterocycles. The second kappa shape index (κ2) is 4.77. The molecule has 0 saturated heterocycles. The minimum Gasteiger partial charge on any atom is -0.508 e. The Labute approximate surface area is 123 Å². The highest BCUT2D eigenvalue weighted by Gasteiger charge is 2.09. The lowest BCUT2D eigenvalue weighted by Gasteiger charge is -2.07. The zero-order chi connectivity index (χ0) is 14.3. The Morgan fingerprint density at radius 3 is 2.55 bits per heavy atom. The molecule has 3 aromatic rings. The van der Waals surface area contributed by atoms with E-state index in [1.807, 2.05) is 0 Å². The minimum absolute atomic E-state index is 0.0132. The molecule has 4 nitrogen and oxygen atoms in total. The van der Waals surface area contributed by atoms with Gasteiger partial charge in [-0.15, -0.1) is 0 Å². The molecule has 100 valence electrons. The van der Waals surface area contributed by atoms with Gasteiger partial charge in [0, 0.05) is 11.1 Å². The molecule has 6 heteroatoms. The van der Waals surface area contributed by atoms with Gasteiger partial charge in [0.15, 0.2) is 0 Å². The van der Waals surface area contributed by atoms with Gasteiger partial charge in [-0.1, -0.05) is 23.8 Å². The average Bonchev–Trinajstić information content (AvgIpc) is 2.40. The number of aromatic hydroxyl groups is 1. The first-order valence-electron chi connectivity index (χ1n) is 5.71. The predicted molar refractivity (Wildman–Crippen MR) is 79.3 cm³/mol. The molecule has 0 spiro atoms. The summed E-state index contributed by atoms with van der Waals surface area (Å²) in [4.78, 5) is 12.1. The van der Waals surface area contributed by atoms with Crippen LogP contribution in [0.15, 0.2) is 51.7 Å². The number of phenols is 1. The molecule has 0 unspecified atom stereocenters. The third kappa shape index (κ3) is 2.11. The molecule has 0 saturated carbocycles. The molecule has 1 N–H and O–H groups in total. The van der Waals surface area contributed by atoms with Gasteiger partial charge in [-0.25, -0.2) is 9.36 Å². The molecule has 0 fully saturated rings. The third-order valence-electron chi connectivity index (χ3n) is 2.86. The van der Waals surface area contributed by atoms with E-state index in [4.69, 9.17) is 28.2 Å². The molecule has 0 bridgehead atoms. The number of nitrogens with zero attached hydrogens (tertiary/aromatic N) is 1. The summed E-state index contributed by atoms with van der Waals surface area (Å²) in [5, 5.41) is 10.6. The van der Waals surface area contributed by atoms with E-state index in [0.29, 0.717) is 20.7 Å². The first-order chi connectivity index (χ1) is 9.56. The van der Waals surface area contributed by atoms with Crippen LogP contribution in [0.5, 0.6) is 5.75 Å². The van der Waals surface area contributed by atoms with Crippen LogP contribution < -0.4 is 5.76 Å². The van der Waals surface area contributed by atoms with E-state index >= 15 is 0 Å². The molecule has 0 atom stereocenters. The van der Waals surface area contributed by atoms with Gasteiger partial charge >= 0.3 is 5.76 Å². The Kier molecular flexibility index (Phi) is 3.08. The number of hydrogen-bond acceptors (Lipinski definition) is 4. The van der Waals surface area contributed by atoms with Crippen molar-refractivity contribution in [2.75, 3.05) is 0 Å². The number of hydrogen-bond donors (Lipinski definition) is 1. The maximum Gasteiger partial charge on any atom is 0.425 e. The summed E-state index contributed by atoms with van der Waals surface area (Å²) in [6.45, 7) is 0. The Bertz CT molecular complexity index is 912. The van der Waals surface area contributed by atoms with Gasteiger partial charge in [-0.2, -0.15) is 0 Å². The van der Waals surface area contributed by atoms with Crippen molar-refractivity contribution in [1.82, 2.24) is 4.57 Å². The van der Waals surface area contributed by atoms with Gasteiger partial charge in [0.1, 0.15) is 16.0 Å². The van der Waals surface area contributed by atoms with Crippen molar-refractivity contribution in [2.24, 2.45) is 0 Å². The Balaban J connectivity index is 2.37. The Morgan fingerprint density at radius 2 is 1.85 bits per heavy atom. The highest BCUT2D eigenvalue weighted by atomic mass is 35.5. The van der Waals surface area contributed by atoms with Crippen LogP contribution in [0.2, 0.25) is 5.02 Å². The number of phenolic OH excluding ortho intramolecular Hbond substituents is 1. The van der Waals surface area contributed by atoms with E-state index in [2.05, 4.69) is 0 Å². The lowest BCUT2D eigenvalue weighted by atomic mass is 10.2. The molecule has 3 rings (SSSR count). The average molecular weight is 306 g/mol. The van der Waals surface area contributed by atoms with Crippen LogP contribution in [0.4, 0.5) is 0 Å². The van der Waals surface area contributed by atoms with Crippen LogP contribution in [0, 0.1) is 4.64 Å². The standard InChI is InChI=1S/C14H8ClNO3S/c15-8-1-3-9(4-2-8)16-13(20)11-6-5-10(17)7-12(11)19-14(16)18/h1-7,17H. The molecular formula is C14H8ClNO3S. The second-order valence-electron chi connectivity index (χ2n) is 4.17. The lowest BCUT2D eigenvalue weighted by molar-refractivity contribution is 0.469. The van der Waals surface area contributed by atoms with Crippen LogP contribution >= 0.6 is 23.8 Å². The highest BCUT2D eigenvalue weighted by molar-refractivity contribution is 7.71. The van der Waals surface area contributed by atoms with Gasteiger partial charge in [0.05, 0.1) is 11.1 Å². The quantitative estimate of drug-likeness (QED) is 0.697. The zero-order valence-electron chi connectivity index (χ0n) is 10.0. The molecule has 0 aliphatic heterocycles. The van der Waals surface area contributed by atoms with Crippen molar-refractivity contribution in [1.29, 1.82) is 0 Å². The monoisotopic (exact) mass is 305 g/mol. The van der Waals surface area contributed by atoms with Crippen LogP contribution in [0.1, 0.15) is 0 Å². The van der Waals surface area contributed by atoms with E-state index in [9.17, 15) is 9.90 Å². The van der Waals surface area contributed by atoms with Crippen molar-refractivity contribution in [3.05, 3.63) is 62.7 Å². The summed E-state index contributed by atoms with van der Waals surface area (Å²) in [6, 6.07) is 11.2. The zero-order valence-corrected chi connectivity index (χ0v) is 11.6. The van der Waals surface area contributed by atoms with Crippen LogP contribution in [-0.4, -0.2) is 9.67 Å². The molecule has 2 aromatic carbocycles. The summed E-state index contributed by atoms with van der Waals surface area (Å²) in [7, 11) is 0. The van der Waals surface area contributed by atoms with E-state index in [1.165, 1.54) is 16.7 Å². The molecule has 0 aliphatic carbocycles. The smallest absolute Gasteiger partial charge is 0.425 e. The van der Waals surface area contributed by atoms with E-state index in [0.717, 1.165) is 0 Å². The fourth-order valence-electron chi connectivity index (χ4n) is 1.93. The summed E-state index contributed by atoms with van der Waals surface area (Å²) in [5.41, 5.74) is 0.827. The Morgan fingerprint density at radius 1 is 1.15 bits per heavy atom. The number of rotatable bonds is 1. The lowest BCUT2D eigenvalue weighted by Crippen LogP contribution is -2.17. The maximum atomic E-state index is 12.1. The van der Waals surface area contributed by atoms with Crippen molar-refractivity contribution < 1.29 is 9.52 Å².